The number of hydrogen-bond acceptors (Lipinski definition) is 3. The first-order chi connectivity index (χ1) is 3.60. The van der Waals surface area contributed by atoms with Gasteiger partial charge in [0.2, 0.25) is 0 Å². The number of rotatable bonds is 0. The van der Waals surface area contributed by atoms with Crippen LogP contribution in [0.25, 0.3) is 0 Å². The SMILES string of the molecule is O=S1(=O)C=C(O)C=N1. The van der Waals surface area contributed by atoms with Crippen molar-refractivity contribution in [3.8, 4) is 0 Å². The Morgan fingerprint density at radius 3 is 2.38 bits per heavy atom. The van der Waals surface area contributed by atoms with Crippen LogP contribution in [0, 0.1) is 0 Å². The second-order valence-electron chi connectivity index (χ2n) is 1.29. The van der Waals surface area contributed by atoms with E-state index in [2.05, 4.69) is 4.40 Å². The fourth-order valence-corrected chi connectivity index (χ4v) is 1.02. The van der Waals surface area contributed by atoms with Gasteiger partial charge in [-0.3, -0.25) is 0 Å². The number of sulfonamides is 1. The Kier molecular flexibility index (Phi) is 0.872. The van der Waals surface area contributed by atoms with Gasteiger partial charge in [0, 0.05) is 0 Å². The van der Waals surface area contributed by atoms with E-state index < -0.39 is 10.0 Å². The smallest absolute Gasteiger partial charge is 0.279 e. The average molecular weight is 133 g/mol. The van der Waals surface area contributed by atoms with Crippen LogP contribution in [-0.4, -0.2) is 19.7 Å². The molecule has 0 aliphatic carbocycles. The van der Waals surface area contributed by atoms with E-state index in [1.807, 2.05) is 0 Å². The fourth-order valence-electron chi connectivity index (χ4n) is 0.341. The van der Waals surface area contributed by atoms with Crippen molar-refractivity contribution in [3.05, 3.63) is 11.2 Å². The van der Waals surface area contributed by atoms with Crippen molar-refractivity contribution < 1.29 is 13.5 Å². The highest BCUT2D eigenvalue weighted by Crippen LogP contribution is 2.03. The number of hydrogen-bond donors (Lipinski definition) is 1. The van der Waals surface area contributed by atoms with Gasteiger partial charge in [-0.1, -0.05) is 0 Å². The van der Waals surface area contributed by atoms with Gasteiger partial charge in [0.25, 0.3) is 10.0 Å². The summed E-state index contributed by atoms with van der Waals surface area (Å²) in [7, 11) is -3.44. The first-order valence-electron chi connectivity index (χ1n) is 1.81. The second kappa shape index (κ2) is 1.32. The van der Waals surface area contributed by atoms with Crippen molar-refractivity contribution in [2.75, 3.05) is 0 Å². The number of aliphatic hydroxyl groups is 1. The molecule has 0 aromatic rings. The molecule has 0 spiro atoms. The highest BCUT2D eigenvalue weighted by atomic mass is 32.2. The molecule has 5 heteroatoms. The van der Waals surface area contributed by atoms with Crippen LogP contribution < -0.4 is 0 Å². The van der Waals surface area contributed by atoms with Crippen LogP contribution >= 0.6 is 0 Å². The molecule has 0 unspecified atom stereocenters. The Bertz CT molecular complexity index is 248. The Labute approximate surface area is 46.2 Å². The molecule has 4 nitrogen and oxygen atoms in total. The maximum atomic E-state index is 10.2. The Hall–Kier alpha value is -0.840. The van der Waals surface area contributed by atoms with Crippen LogP contribution in [0.3, 0.4) is 0 Å². The van der Waals surface area contributed by atoms with Crippen molar-refractivity contribution in [1.82, 2.24) is 0 Å². The summed E-state index contributed by atoms with van der Waals surface area (Å²) in [6.45, 7) is 0. The van der Waals surface area contributed by atoms with Crippen LogP contribution in [0.5, 0.6) is 0 Å². The lowest BCUT2D eigenvalue weighted by atomic mass is 10.6. The molecular weight excluding hydrogens is 130 g/mol. The summed E-state index contributed by atoms with van der Waals surface area (Å²) >= 11 is 0. The minimum atomic E-state index is -3.44. The van der Waals surface area contributed by atoms with Gasteiger partial charge in [-0.15, -0.1) is 0 Å². The summed E-state index contributed by atoms with van der Waals surface area (Å²) in [6, 6.07) is 0. The molecule has 0 fully saturated rings. The van der Waals surface area contributed by atoms with E-state index in [-0.39, 0.29) is 5.76 Å². The zero-order valence-electron chi connectivity index (χ0n) is 3.77. The normalized spacial score (nSPS) is 23.2. The number of nitrogens with zero attached hydrogens (tertiary/aromatic N) is 1. The van der Waals surface area contributed by atoms with E-state index in [1.165, 1.54) is 0 Å². The summed E-state index contributed by atoms with van der Waals surface area (Å²) in [4.78, 5) is 0. The summed E-state index contributed by atoms with van der Waals surface area (Å²) in [5.74, 6) is -0.315. The number of aliphatic hydroxyl groups excluding tert-OH is 1. The van der Waals surface area contributed by atoms with Gasteiger partial charge in [-0.25, -0.2) is 0 Å². The molecular formula is C3H3NO3S. The lowest BCUT2D eigenvalue weighted by Gasteiger charge is -1.74. The van der Waals surface area contributed by atoms with E-state index in [9.17, 15) is 8.42 Å². The van der Waals surface area contributed by atoms with Crippen LogP contribution in [0.15, 0.2) is 15.6 Å². The third-order valence-corrected chi connectivity index (χ3v) is 1.54. The lowest BCUT2D eigenvalue weighted by molar-refractivity contribution is 0.449. The van der Waals surface area contributed by atoms with E-state index in [4.69, 9.17) is 5.11 Å². The van der Waals surface area contributed by atoms with Crippen molar-refractivity contribution in [3.63, 3.8) is 0 Å². The summed E-state index contributed by atoms with van der Waals surface area (Å²) in [5.41, 5.74) is 0. The minimum Gasteiger partial charge on any atom is -0.505 e. The maximum Gasteiger partial charge on any atom is 0.279 e. The predicted molar refractivity (Wildman–Crippen MR) is 28.1 cm³/mol. The minimum absolute atomic E-state index is 0.315. The molecule has 8 heavy (non-hydrogen) atoms. The maximum absolute atomic E-state index is 10.2. The summed E-state index contributed by atoms with van der Waals surface area (Å²) < 4.78 is 23.4. The van der Waals surface area contributed by atoms with Crippen LogP contribution in [0.4, 0.5) is 0 Å². The van der Waals surface area contributed by atoms with Gasteiger partial charge in [-0.05, 0) is 0 Å². The van der Waals surface area contributed by atoms with Gasteiger partial charge in [0.1, 0.15) is 5.76 Å². The zero-order valence-corrected chi connectivity index (χ0v) is 4.59. The van der Waals surface area contributed by atoms with Crippen molar-refractivity contribution in [1.29, 1.82) is 0 Å². The molecule has 0 atom stereocenters. The average Bonchev–Trinajstić information content (AvgIpc) is 1.82. The summed E-state index contributed by atoms with van der Waals surface area (Å²) in [6.07, 6.45) is 0.884. The highest BCUT2D eigenvalue weighted by molar-refractivity contribution is 7.93. The lowest BCUT2D eigenvalue weighted by Crippen LogP contribution is -1.81. The molecule has 44 valence electrons. The fraction of sp³-hybridized carbons (Fsp3) is 0. The quantitative estimate of drug-likeness (QED) is 0.497. The number of allylic oxidation sites excluding steroid dienone is 1. The largest absolute Gasteiger partial charge is 0.505 e. The predicted octanol–water partition coefficient (Wildman–Crippen LogP) is -0.200. The molecule has 1 rings (SSSR count). The summed E-state index contributed by atoms with van der Waals surface area (Å²) in [5, 5.41) is 9.08. The van der Waals surface area contributed by atoms with E-state index >= 15 is 0 Å². The van der Waals surface area contributed by atoms with Crippen LogP contribution in [0.1, 0.15) is 0 Å². The van der Waals surface area contributed by atoms with E-state index in [1.54, 1.807) is 0 Å². The molecule has 1 N–H and O–H groups in total. The van der Waals surface area contributed by atoms with E-state index in [0.717, 1.165) is 6.21 Å². The van der Waals surface area contributed by atoms with E-state index in [0.29, 0.717) is 5.41 Å². The molecule has 0 saturated heterocycles. The molecule has 0 radical (unpaired) electrons. The molecule has 0 saturated carbocycles. The molecule has 1 aliphatic heterocycles. The van der Waals surface area contributed by atoms with Crippen LogP contribution in [0.2, 0.25) is 0 Å². The molecule has 0 bridgehead atoms. The third kappa shape index (κ3) is 0.865. The van der Waals surface area contributed by atoms with Crippen LogP contribution in [-0.2, 0) is 10.0 Å². The second-order valence-corrected chi connectivity index (χ2v) is 2.77. The first-order valence-corrected chi connectivity index (χ1v) is 3.31. The van der Waals surface area contributed by atoms with Gasteiger partial charge in [-0.2, -0.15) is 12.8 Å². The molecule has 1 heterocycles. The topological polar surface area (TPSA) is 66.7 Å². The molecule has 0 aromatic carbocycles. The zero-order chi connectivity index (χ0) is 6.20. The van der Waals surface area contributed by atoms with Gasteiger partial charge < -0.3 is 5.11 Å². The van der Waals surface area contributed by atoms with Gasteiger partial charge in [0.15, 0.2) is 0 Å². The first kappa shape index (κ1) is 5.30. The van der Waals surface area contributed by atoms with Gasteiger partial charge >= 0.3 is 0 Å². The van der Waals surface area contributed by atoms with Gasteiger partial charge in [0.05, 0.1) is 11.6 Å². The van der Waals surface area contributed by atoms with Crippen molar-refractivity contribution in [2.45, 2.75) is 0 Å². The third-order valence-electron chi connectivity index (χ3n) is 0.602. The Balaban J connectivity index is 3.21. The Morgan fingerprint density at radius 2 is 2.25 bits per heavy atom. The standard InChI is InChI=1S/C3H3NO3S/c5-3-1-4-8(6,7)2-3/h1-2,5H. The molecule has 0 aromatic heterocycles. The van der Waals surface area contributed by atoms with Crippen molar-refractivity contribution in [2.24, 2.45) is 4.40 Å². The van der Waals surface area contributed by atoms with Crippen molar-refractivity contribution >= 4 is 16.2 Å². The Morgan fingerprint density at radius 1 is 1.62 bits per heavy atom. The molecule has 0 amide bonds. The molecule has 1 aliphatic rings. The monoisotopic (exact) mass is 133 g/mol. The highest BCUT2D eigenvalue weighted by Gasteiger charge is 2.09.